The van der Waals surface area contributed by atoms with Crippen LogP contribution in [0.3, 0.4) is 0 Å². The number of carbonyl (C=O) groups is 1. The van der Waals surface area contributed by atoms with Gasteiger partial charge in [0.15, 0.2) is 11.0 Å². The maximum atomic E-state index is 12.6. The lowest BCUT2D eigenvalue weighted by molar-refractivity contribution is -0.116. The average Bonchev–Trinajstić information content (AvgIpc) is 3.24. The second kappa shape index (κ2) is 10.9. The smallest absolute Gasteiger partial charge is 0.224 e. The predicted octanol–water partition coefficient (Wildman–Crippen LogP) is 7.02. The van der Waals surface area contributed by atoms with Crippen molar-refractivity contribution in [3.05, 3.63) is 88.4 Å². The molecule has 4 rings (SSSR count). The molecule has 0 spiro atoms. The molecule has 7 heteroatoms. The number of hydrogen-bond donors (Lipinski definition) is 1. The Labute approximate surface area is 209 Å². The van der Waals surface area contributed by atoms with Crippen LogP contribution in [0.25, 0.3) is 17.1 Å². The fourth-order valence-corrected chi connectivity index (χ4v) is 4.95. The van der Waals surface area contributed by atoms with Gasteiger partial charge in [0, 0.05) is 34.1 Å². The number of thioether (sulfide) groups is 1. The molecule has 1 heterocycles. The van der Waals surface area contributed by atoms with Crippen molar-refractivity contribution in [1.82, 2.24) is 14.8 Å². The molecule has 0 unspecified atom stereocenters. The van der Waals surface area contributed by atoms with E-state index >= 15 is 0 Å². The third-order valence-electron chi connectivity index (χ3n) is 5.47. The molecule has 5 nitrogen and oxygen atoms in total. The number of carbonyl (C=O) groups excluding carboxylic acids is 1. The number of nitrogens with one attached hydrogen (secondary N) is 1. The molecular formula is C27H27ClN4OS. The molecule has 3 aromatic carbocycles. The van der Waals surface area contributed by atoms with Gasteiger partial charge in [-0.3, -0.25) is 9.36 Å². The van der Waals surface area contributed by atoms with Crippen molar-refractivity contribution in [3.63, 3.8) is 0 Å². The van der Waals surface area contributed by atoms with Crippen molar-refractivity contribution in [3.8, 4) is 17.1 Å². The first-order chi connectivity index (χ1) is 16.4. The third kappa shape index (κ3) is 5.69. The summed E-state index contributed by atoms with van der Waals surface area (Å²) >= 11 is 7.67. The number of hydrogen-bond acceptors (Lipinski definition) is 4. The highest BCUT2D eigenvalue weighted by atomic mass is 35.5. The Bertz CT molecular complexity index is 1260. The first-order valence-corrected chi connectivity index (χ1v) is 12.6. The Morgan fingerprint density at radius 3 is 2.32 bits per heavy atom. The minimum Gasteiger partial charge on any atom is -0.326 e. The Kier molecular flexibility index (Phi) is 7.70. The Morgan fingerprint density at radius 1 is 0.971 bits per heavy atom. The van der Waals surface area contributed by atoms with Gasteiger partial charge >= 0.3 is 0 Å². The van der Waals surface area contributed by atoms with E-state index < -0.39 is 0 Å². The molecule has 0 aliphatic heterocycles. The zero-order valence-electron chi connectivity index (χ0n) is 19.5. The van der Waals surface area contributed by atoms with Gasteiger partial charge in [0.2, 0.25) is 5.91 Å². The third-order valence-corrected chi connectivity index (χ3v) is 6.74. The van der Waals surface area contributed by atoms with Crippen LogP contribution in [-0.4, -0.2) is 26.4 Å². The second-order valence-electron chi connectivity index (χ2n) is 8.26. The number of benzene rings is 3. The molecule has 0 atom stereocenters. The molecule has 34 heavy (non-hydrogen) atoms. The van der Waals surface area contributed by atoms with Crippen molar-refractivity contribution >= 4 is 35.0 Å². The molecule has 0 saturated heterocycles. The number of halogens is 1. The topological polar surface area (TPSA) is 59.8 Å². The van der Waals surface area contributed by atoms with Crippen molar-refractivity contribution in [1.29, 1.82) is 0 Å². The molecule has 1 amide bonds. The summed E-state index contributed by atoms with van der Waals surface area (Å²) in [6, 6.07) is 21.8. The van der Waals surface area contributed by atoms with Gasteiger partial charge in [0.25, 0.3) is 0 Å². The van der Waals surface area contributed by atoms with E-state index in [1.807, 2.05) is 73.0 Å². The van der Waals surface area contributed by atoms with E-state index in [4.69, 9.17) is 11.6 Å². The molecule has 0 fully saturated rings. The van der Waals surface area contributed by atoms with Gasteiger partial charge in [-0.05, 0) is 74.7 Å². The summed E-state index contributed by atoms with van der Waals surface area (Å²) in [5, 5.41) is 13.5. The van der Waals surface area contributed by atoms with Crippen LogP contribution in [0.2, 0.25) is 5.02 Å². The van der Waals surface area contributed by atoms with Crippen molar-refractivity contribution in [2.45, 2.75) is 38.8 Å². The molecular weight excluding hydrogens is 464 g/mol. The van der Waals surface area contributed by atoms with E-state index in [-0.39, 0.29) is 5.91 Å². The number of rotatable bonds is 8. The van der Waals surface area contributed by atoms with E-state index in [0.717, 1.165) is 51.2 Å². The van der Waals surface area contributed by atoms with Gasteiger partial charge in [-0.25, -0.2) is 0 Å². The van der Waals surface area contributed by atoms with Gasteiger partial charge in [0.1, 0.15) is 0 Å². The molecule has 1 N–H and O–H groups in total. The largest absolute Gasteiger partial charge is 0.326 e. The summed E-state index contributed by atoms with van der Waals surface area (Å²) < 4.78 is 2.05. The summed E-state index contributed by atoms with van der Waals surface area (Å²) in [6.45, 7) is 6.12. The second-order valence-corrected chi connectivity index (χ2v) is 9.76. The molecule has 1 aromatic heterocycles. The van der Waals surface area contributed by atoms with Gasteiger partial charge in [-0.2, -0.15) is 0 Å². The molecule has 0 aliphatic rings. The van der Waals surface area contributed by atoms with E-state index in [1.165, 1.54) is 5.56 Å². The first kappa shape index (κ1) is 24.0. The van der Waals surface area contributed by atoms with Crippen LogP contribution < -0.4 is 5.32 Å². The number of aromatic nitrogens is 3. The Morgan fingerprint density at radius 2 is 1.65 bits per heavy atom. The summed E-state index contributed by atoms with van der Waals surface area (Å²) in [5.41, 5.74) is 6.22. The monoisotopic (exact) mass is 490 g/mol. The van der Waals surface area contributed by atoms with Crippen molar-refractivity contribution in [2.24, 2.45) is 0 Å². The number of nitrogens with zero attached hydrogens (tertiary/aromatic N) is 3. The normalized spacial score (nSPS) is 10.9. The van der Waals surface area contributed by atoms with Crippen LogP contribution in [0.1, 0.15) is 29.5 Å². The highest BCUT2D eigenvalue weighted by molar-refractivity contribution is 7.99. The number of amides is 1. The predicted molar refractivity (Wildman–Crippen MR) is 141 cm³/mol. The summed E-state index contributed by atoms with van der Waals surface area (Å²) in [6.07, 6.45) is 1.18. The Hall–Kier alpha value is -3.09. The molecule has 0 saturated carbocycles. The zero-order valence-corrected chi connectivity index (χ0v) is 21.1. The zero-order chi connectivity index (χ0) is 24.1. The van der Waals surface area contributed by atoms with Crippen LogP contribution in [0.15, 0.2) is 71.9 Å². The average molecular weight is 491 g/mol. The van der Waals surface area contributed by atoms with Crippen molar-refractivity contribution < 1.29 is 4.79 Å². The summed E-state index contributed by atoms with van der Waals surface area (Å²) in [7, 11) is 0. The van der Waals surface area contributed by atoms with E-state index in [1.54, 1.807) is 11.8 Å². The van der Waals surface area contributed by atoms with Crippen LogP contribution in [0, 0.1) is 20.8 Å². The number of anilines is 1. The molecule has 0 bridgehead atoms. The van der Waals surface area contributed by atoms with Crippen LogP contribution in [0.4, 0.5) is 5.69 Å². The SMILES string of the molecule is Cc1cc(C)c(NC(=O)CCCSc2nnc(-c3ccc(Cl)cc3)n2-c2ccccc2)c(C)c1. The highest BCUT2D eigenvalue weighted by Crippen LogP contribution is 2.29. The maximum Gasteiger partial charge on any atom is 0.224 e. The Balaban J connectivity index is 1.43. The quantitative estimate of drug-likeness (QED) is 0.213. The minimum atomic E-state index is 0.0297. The van der Waals surface area contributed by atoms with Gasteiger partial charge in [-0.1, -0.05) is 59.3 Å². The molecule has 174 valence electrons. The fourth-order valence-electron chi connectivity index (χ4n) is 3.93. The lowest BCUT2D eigenvalue weighted by Gasteiger charge is -2.13. The molecule has 0 radical (unpaired) electrons. The van der Waals surface area contributed by atoms with Crippen LogP contribution >= 0.6 is 23.4 Å². The summed E-state index contributed by atoms with van der Waals surface area (Å²) in [4.78, 5) is 12.6. The maximum absolute atomic E-state index is 12.6. The van der Waals surface area contributed by atoms with E-state index in [9.17, 15) is 4.79 Å². The van der Waals surface area contributed by atoms with Crippen LogP contribution in [-0.2, 0) is 4.79 Å². The van der Waals surface area contributed by atoms with Crippen LogP contribution in [0.5, 0.6) is 0 Å². The standard InChI is InChI=1S/C27H27ClN4OS/c1-18-16-19(2)25(20(3)17-18)29-24(33)10-7-15-34-27-31-30-26(21-11-13-22(28)14-12-21)32(27)23-8-5-4-6-9-23/h4-6,8-9,11-14,16-17H,7,10,15H2,1-3H3,(H,29,33). The number of aryl methyl sites for hydroxylation is 3. The van der Waals surface area contributed by atoms with E-state index in [2.05, 4.69) is 34.6 Å². The lowest BCUT2D eigenvalue weighted by atomic mass is 10.0. The fraction of sp³-hybridized carbons (Fsp3) is 0.222. The highest BCUT2D eigenvalue weighted by Gasteiger charge is 2.16. The summed E-state index contributed by atoms with van der Waals surface area (Å²) in [5.74, 6) is 1.54. The van der Waals surface area contributed by atoms with Gasteiger partial charge < -0.3 is 5.32 Å². The molecule has 0 aliphatic carbocycles. The van der Waals surface area contributed by atoms with Crippen molar-refractivity contribution in [2.75, 3.05) is 11.1 Å². The minimum absolute atomic E-state index is 0.0297. The molecule has 4 aromatic rings. The van der Waals surface area contributed by atoms with E-state index in [0.29, 0.717) is 11.4 Å². The first-order valence-electron chi connectivity index (χ1n) is 11.2. The number of para-hydroxylation sites is 1. The van der Waals surface area contributed by atoms with Gasteiger partial charge in [-0.15, -0.1) is 10.2 Å². The lowest BCUT2D eigenvalue weighted by Crippen LogP contribution is -2.13. The van der Waals surface area contributed by atoms with Gasteiger partial charge in [0.05, 0.1) is 0 Å².